The van der Waals surface area contributed by atoms with Gasteiger partial charge < -0.3 is 10.1 Å². The molecule has 1 fully saturated rings. The van der Waals surface area contributed by atoms with Gasteiger partial charge in [0.1, 0.15) is 5.75 Å². The normalized spacial score (nSPS) is 26.3. The molecular formula is C13H19NO. The molecule has 0 amide bonds. The number of hydrogen-bond donors (Lipinski definition) is 1. The van der Waals surface area contributed by atoms with Crippen molar-refractivity contribution < 1.29 is 4.74 Å². The number of para-hydroxylation sites is 1. The zero-order valence-electron chi connectivity index (χ0n) is 9.49. The number of ether oxygens (including phenoxy) is 1. The van der Waals surface area contributed by atoms with Gasteiger partial charge in [0.2, 0.25) is 0 Å². The minimum absolute atomic E-state index is 0.470. The van der Waals surface area contributed by atoms with Crippen molar-refractivity contribution in [3.63, 3.8) is 0 Å². The van der Waals surface area contributed by atoms with Gasteiger partial charge in [-0.05, 0) is 31.4 Å². The number of piperidine rings is 1. The number of methoxy groups -OCH3 is 1. The van der Waals surface area contributed by atoms with E-state index in [-0.39, 0.29) is 0 Å². The molecule has 2 nitrogen and oxygen atoms in total. The topological polar surface area (TPSA) is 21.3 Å². The summed E-state index contributed by atoms with van der Waals surface area (Å²) in [6.45, 7) is 3.41. The Morgan fingerprint density at radius 1 is 1.27 bits per heavy atom. The summed E-state index contributed by atoms with van der Waals surface area (Å²) in [6, 6.07) is 8.77. The molecule has 2 unspecified atom stereocenters. The van der Waals surface area contributed by atoms with E-state index in [9.17, 15) is 0 Å². The van der Waals surface area contributed by atoms with Crippen LogP contribution in [0.25, 0.3) is 0 Å². The number of hydrogen-bond acceptors (Lipinski definition) is 2. The van der Waals surface area contributed by atoms with Crippen molar-refractivity contribution in [1.82, 2.24) is 5.32 Å². The summed E-state index contributed by atoms with van der Waals surface area (Å²) in [5.41, 5.74) is 1.30. The van der Waals surface area contributed by atoms with Crippen LogP contribution in [0.2, 0.25) is 0 Å². The van der Waals surface area contributed by atoms with Crippen LogP contribution in [0, 0.1) is 5.92 Å². The van der Waals surface area contributed by atoms with Crippen LogP contribution in [0.5, 0.6) is 5.75 Å². The second-order valence-corrected chi connectivity index (χ2v) is 4.39. The van der Waals surface area contributed by atoms with Gasteiger partial charge in [-0.15, -0.1) is 0 Å². The van der Waals surface area contributed by atoms with Crippen LogP contribution in [-0.2, 0) is 0 Å². The summed E-state index contributed by atoms with van der Waals surface area (Å²) in [7, 11) is 1.74. The lowest BCUT2D eigenvalue weighted by Gasteiger charge is -2.29. The van der Waals surface area contributed by atoms with Gasteiger partial charge in [0.05, 0.1) is 7.11 Å². The van der Waals surface area contributed by atoms with E-state index in [4.69, 9.17) is 4.74 Å². The van der Waals surface area contributed by atoms with Gasteiger partial charge in [-0.1, -0.05) is 25.1 Å². The second-order valence-electron chi connectivity index (χ2n) is 4.39. The molecule has 0 aliphatic carbocycles. The Hall–Kier alpha value is -1.02. The van der Waals surface area contributed by atoms with E-state index < -0.39 is 0 Å². The molecule has 1 N–H and O–H groups in total. The van der Waals surface area contributed by atoms with E-state index in [1.165, 1.54) is 18.4 Å². The molecule has 0 spiro atoms. The molecule has 2 rings (SSSR count). The first kappa shape index (κ1) is 10.5. The van der Waals surface area contributed by atoms with Crippen molar-refractivity contribution in [2.45, 2.75) is 25.8 Å². The van der Waals surface area contributed by atoms with E-state index in [2.05, 4.69) is 24.4 Å². The summed E-state index contributed by atoms with van der Waals surface area (Å²) in [4.78, 5) is 0. The van der Waals surface area contributed by atoms with Crippen LogP contribution in [0.1, 0.15) is 31.4 Å². The fraction of sp³-hybridized carbons (Fsp3) is 0.538. The molecule has 1 aromatic rings. The molecule has 2 atom stereocenters. The van der Waals surface area contributed by atoms with Gasteiger partial charge in [-0.2, -0.15) is 0 Å². The number of benzene rings is 1. The smallest absolute Gasteiger partial charge is 0.123 e. The highest BCUT2D eigenvalue weighted by Gasteiger charge is 2.20. The van der Waals surface area contributed by atoms with Crippen LogP contribution in [-0.4, -0.2) is 13.7 Å². The highest BCUT2D eigenvalue weighted by Crippen LogP contribution is 2.31. The second kappa shape index (κ2) is 4.67. The van der Waals surface area contributed by atoms with Crippen molar-refractivity contribution in [3.05, 3.63) is 29.8 Å². The summed E-state index contributed by atoms with van der Waals surface area (Å²) >= 11 is 0. The largest absolute Gasteiger partial charge is 0.496 e. The molecule has 2 heteroatoms. The fourth-order valence-electron chi connectivity index (χ4n) is 2.22. The van der Waals surface area contributed by atoms with Crippen molar-refractivity contribution in [2.24, 2.45) is 5.92 Å². The minimum Gasteiger partial charge on any atom is -0.496 e. The molecule has 15 heavy (non-hydrogen) atoms. The Morgan fingerprint density at radius 2 is 2.07 bits per heavy atom. The molecule has 1 heterocycles. The summed E-state index contributed by atoms with van der Waals surface area (Å²) < 4.78 is 5.39. The number of nitrogens with one attached hydrogen (secondary N) is 1. The number of rotatable bonds is 2. The van der Waals surface area contributed by atoms with E-state index >= 15 is 0 Å². The molecule has 0 aromatic heterocycles. The van der Waals surface area contributed by atoms with Crippen molar-refractivity contribution in [3.8, 4) is 5.75 Å². The van der Waals surface area contributed by atoms with E-state index in [1.54, 1.807) is 7.11 Å². The Balaban J connectivity index is 2.15. The van der Waals surface area contributed by atoms with Crippen LogP contribution in [0.15, 0.2) is 24.3 Å². The highest BCUT2D eigenvalue weighted by atomic mass is 16.5. The van der Waals surface area contributed by atoms with E-state index in [1.807, 2.05) is 12.1 Å². The molecule has 1 aliphatic heterocycles. The summed E-state index contributed by atoms with van der Waals surface area (Å²) in [5.74, 6) is 1.81. The maximum atomic E-state index is 5.39. The monoisotopic (exact) mass is 205 g/mol. The van der Waals surface area contributed by atoms with Crippen molar-refractivity contribution in [2.75, 3.05) is 13.7 Å². The average molecular weight is 205 g/mol. The van der Waals surface area contributed by atoms with Crippen molar-refractivity contribution >= 4 is 0 Å². The summed E-state index contributed by atoms with van der Waals surface area (Å²) in [5, 5.41) is 3.58. The zero-order valence-corrected chi connectivity index (χ0v) is 9.49. The maximum Gasteiger partial charge on any atom is 0.123 e. The maximum absolute atomic E-state index is 5.39. The molecule has 0 saturated carbocycles. The lowest BCUT2D eigenvalue weighted by Crippen LogP contribution is -2.32. The van der Waals surface area contributed by atoms with Crippen molar-refractivity contribution in [1.29, 1.82) is 0 Å². The lowest BCUT2D eigenvalue weighted by atomic mass is 9.92. The lowest BCUT2D eigenvalue weighted by molar-refractivity contribution is 0.322. The van der Waals surface area contributed by atoms with Gasteiger partial charge in [0.25, 0.3) is 0 Å². The SMILES string of the molecule is COc1ccccc1C1CCC(C)CN1. The molecule has 1 aliphatic rings. The standard InChI is InChI=1S/C13H19NO/c1-10-7-8-12(14-9-10)11-5-3-4-6-13(11)15-2/h3-6,10,12,14H,7-9H2,1-2H3. The third-order valence-electron chi connectivity index (χ3n) is 3.18. The van der Waals surface area contributed by atoms with Gasteiger partial charge in [-0.3, -0.25) is 0 Å². The van der Waals surface area contributed by atoms with Crippen LogP contribution < -0.4 is 10.1 Å². The van der Waals surface area contributed by atoms with E-state index in [0.29, 0.717) is 6.04 Å². The first-order chi connectivity index (χ1) is 7.31. The Bertz CT molecular complexity index is 316. The Labute approximate surface area is 91.6 Å². The molecule has 1 aromatic carbocycles. The van der Waals surface area contributed by atoms with Crippen LogP contribution >= 0.6 is 0 Å². The predicted octanol–water partition coefficient (Wildman–Crippen LogP) is 2.76. The quantitative estimate of drug-likeness (QED) is 0.801. The van der Waals surface area contributed by atoms with Gasteiger partial charge in [-0.25, -0.2) is 0 Å². The zero-order chi connectivity index (χ0) is 10.7. The Kier molecular flexibility index (Phi) is 3.27. The third kappa shape index (κ3) is 2.32. The predicted molar refractivity (Wildman–Crippen MR) is 62.1 cm³/mol. The molecule has 0 radical (unpaired) electrons. The van der Waals surface area contributed by atoms with Gasteiger partial charge in [0.15, 0.2) is 0 Å². The first-order valence-electron chi connectivity index (χ1n) is 5.67. The Morgan fingerprint density at radius 3 is 2.73 bits per heavy atom. The van der Waals surface area contributed by atoms with Crippen LogP contribution in [0.3, 0.4) is 0 Å². The summed E-state index contributed by atoms with van der Waals surface area (Å²) in [6.07, 6.45) is 2.51. The van der Waals surface area contributed by atoms with Crippen LogP contribution in [0.4, 0.5) is 0 Å². The van der Waals surface area contributed by atoms with Gasteiger partial charge >= 0.3 is 0 Å². The van der Waals surface area contributed by atoms with E-state index in [0.717, 1.165) is 18.2 Å². The highest BCUT2D eigenvalue weighted by molar-refractivity contribution is 5.36. The molecule has 0 bridgehead atoms. The third-order valence-corrected chi connectivity index (χ3v) is 3.18. The average Bonchev–Trinajstić information content (AvgIpc) is 2.30. The molecule has 1 saturated heterocycles. The van der Waals surface area contributed by atoms with Gasteiger partial charge in [0, 0.05) is 11.6 Å². The minimum atomic E-state index is 0.470. The fourth-order valence-corrected chi connectivity index (χ4v) is 2.22. The first-order valence-corrected chi connectivity index (χ1v) is 5.67. The molecule has 82 valence electrons. The molecular weight excluding hydrogens is 186 g/mol.